The van der Waals surface area contributed by atoms with Gasteiger partial charge in [0.05, 0.1) is 38.0 Å². The summed E-state index contributed by atoms with van der Waals surface area (Å²) in [5.74, 6) is -1.21. The van der Waals surface area contributed by atoms with Gasteiger partial charge in [0.15, 0.2) is 11.6 Å². The second kappa shape index (κ2) is 12.8. The molecule has 1 saturated heterocycles. The Morgan fingerprint density at radius 1 is 1.21 bits per heavy atom. The van der Waals surface area contributed by atoms with Gasteiger partial charge in [0.1, 0.15) is 5.75 Å². The number of benzene rings is 1. The molecule has 3 aliphatic heterocycles. The van der Waals surface area contributed by atoms with Crippen LogP contribution in [-0.2, 0) is 24.4 Å². The molecule has 1 fully saturated rings. The molecule has 1 unspecified atom stereocenters. The number of anilines is 1. The lowest BCUT2D eigenvalue weighted by Gasteiger charge is -2.33. The largest absolute Gasteiger partial charge is 0.481 e. The molecule has 13 heteroatoms. The predicted molar refractivity (Wildman–Crippen MR) is 157 cm³/mol. The molecule has 228 valence electrons. The zero-order valence-corrected chi connectivity index (χ0v) is 25.1. The van der Waals surface area contributed by atoms with E-state index in [2.05, 4.69) is 39.7 Å². The number of fused-ring (bicyclic) bond motifs is 1. The summed E-state index contributed by atoms with van der Waals surface area (Å²) in [4.78, 5) is 19.9. The van der Waals surface area contributed by atoms with E-state index in [4.69, 9.17) is 39.7 Å². The van der Waals surface area contributed by atoms with Crippen molar-refractivity contribution in [1.29, 1.82) is 0 Å². The Morgan fingerprint density at radius 3 is 2.79 bits per heavy atom. The van der Waals surface area contributed by atoms with Crippen LogP contribution in [0.25, 0.3) is 0 Å². The number of methoxy groups -OCH3 is 2. The molecule has 1 amide bonds. The van der Waals surface area contributed by atoms with E-state index in [1.807, 2.05) is 12.1 Å². The van der Waals surface area contributed by atoms with Crippen molar-refractivity contribution in [3.63, 3.8) is 0 Å². The van der Waals surface area contributed by atoms with Gasteiger partial charge in [-0.1, -0.05) is 25.4 Å². The van der Waals surface area contributed by atoms with Crippen molar-refractivity contribution in [2.24, 2.45) is 4.99 Å². The normalized spacial score (nSPS) is 21.6. The molecule has 12 nitrogen and oxygen atoms in total. The van der Waals surface area contributed by atoms with Crippen LogP contribution in [0.3, 0.4) is 0 Å². The Balaban J connectivity index is 1.22. The number of nitrogens with one attached hydrogen (secondary N) is 3. The molecular weight excluding hydrogens is 566 g/mol. The van der Waals surface area contributed by atoms with Gasteiger partial charge in [-0.2, -0.15) is 4.99 Å². The fraction of sp³-hybridized carbons (Fsp3) is 0.517. The monoisotopic (exact) mass is 603 g/mol. The summed E-state index contributed by atoms with van der Waals surface area (Å²) in [6, 6.07) is 6.80. The van der Waals surface area contributed by atoms with Gasteiger partial charge in [0.25, 0.3) is 11.9 Å². The van der Waals surface area contributed by atoms with Crippen molar-refractivity contribution in [2.75, 3.05) is 65.5 Å². The minimum absolute atomic E-state index is 0.0176. The highest BCUT2D eigenvalue weighted by Crippen LogP contribution is 2.43. The quantitative estimate of drug-likeness (QED) is 0.270. The number of hydrogen-bond donors (Lipinski definition) is 3. The van der Waals surface area contributed by atoms with E-state index in [0.717, 1.165) is 63.5 Å². The van der Waals surface area contributed by atoms with E-state index >= 15 is 0 Å². The first kappa shape index (κ1) is 30.0. The smallest absolute Gasteiger partial charge is 0.330 e. The zero-order chi connectivity index (χ0) is 29.7. The number of hydrogen-bond acceptors (Lipinski definition) is 11. The molecule has 3 N–H and O–H groups in total. The third-order valence-corrected chi connectivity index (χ3v) is 7.76. The average Bonchev–Trinajstić information content (AvgIpc) is 3.45. The second-order valence-corrected chi connectivity index (χ2v) is 11.3. The van der Waals surface area contributed by atoms with E-state index in [1.165, 1.54) is 20.3 Å². The van der Waals surface area contributed by atoms with Crippen LogP contribution in [0.15, 0.2) is 45.6 Å². The lowest BCUT2D eigenvalue weighted by Crippen LogP contribution is -2.60. The summed E-state index contributed by atoms with van der Waals surface area (Å²) in [5, 5.41) is 9.52. The zero-order valence-electron chi connectivity index (χ0n) is 24.4. The molecule has 1 aromatic carbocycles. The third-order valence-electron chi connectivity index (χ3n) is 7.46. The first-order chi connectivity index (χ1) is 20.2. The molecule has 0 aliphatic carbocycles. The standard InChI is InChI=1S/C29H38ClN5O7/c1-28(2)8-9-31-21-17-20(30)23(16-19(21)28)42-26-7-6-22(41-26)27(36)34-29(38-4)32-24(37-3)18-25(33-29)40-13-5-10-35-11-14-39-15-12-35/h6-7,16-18,31,33H,5,8-15H2,1-4H3,(H,34,36). The Bertz CT molecular complexity index is 1340. The number of carbonyl (C=O) groups is 1. The fourth-order valence-electron chi connectivity index (χ4n) is 5.02. The number of morpholine rings is 1. The van der Waals surface area contributed by atoms with E-state index < -0.39 is 11.9 Å². The highest BCUT2D eigenvalue weighted by molar-refractivity contribution is 6.32. The van der Waals surface area contributed by atoms with E-state index in [9.17, 15) is 4.79 Å². The topological polar surface area (TPSA) is 128 Å². The molecule has 3 aliphatic rings. The van der Waals surface area contributed by atoms with E-state index in [-0.39, 0.29) is 23.0 Å². The Hall–Kier alpha value is -3.45. The Labute approximate surface area is 250 Å². The molecule has 4 heterocycles. The van der Waals surface area contributed by atoms with Crippen LogP contribution in [0.4, 0.5) is 5.69 Å². The second-order valence-electron chi connectivity index (χ2n) is 10.9. The Kier molecular flexibility index (Phi) is 9.16. The third kappa shape index (κ3) is 6.95. The van der Waals surface area contributed by atoms with Crippen LogP contribution in [0.5, 0.6) is 11.7 Å². The predicted octanol–water partition coefficient (Wildman–Crippen LogP) is 4.03. The number of furan rings is 1. The van der Waals surface area contributed by atoms with Crippen LogP contribution in [-0.4, -0.2) is 82.9 Å². The van der Waals surface area contributed by atoms with Crippen LogP contribution in [0.2, 0.25) is 5.02 Å². The summed E-state index contributed by atoms with van der Waals surface area (Å²) in [6.07, 6.45) is 3.38. The van der Waals surface area contributed by atoms with E-state index in [1.54, 1.807) is 12.1 Å². The van der Waals surface area contributed by atoms with Gasteiger partial charge in [0.2, 0.25) is 5.90 Å². The fourth-order valence-corrected chi connectivity index (χ4v) is 5.22. The van der Waals surface area contributed by atoms with Crippen molar-refractivity contribution in [3.05, 3.63) is 52.6 Å². The number of ether oxygens (including phenoxy) is 5. The summed E-state index contributed by atoms with van der Waals surface area (Å²) in [7, 11) is 2.87. The van der Waals surface area contributed by atoms with Crippen LogP contribution in [0, 0.1) is 0 Å². The molecule has 1 aromatic heterocycles. The van der Waals surface area contributed by atoms with Crippen LogP contribution in [0.1, 0.15) is 42.8 Å². The van der Waals surface area contributed by atoms with Crippen molar-refractivity contribution in [3.8, 4) is 11.7 Å². The van der Waals surface area contributed by atoms with Crippen molar-refractivity contribution in [1.82, 2.24) is 15.5 Å². The minimum atomic E-state index is -1.69. The van der Waals surface area contributed by atoms with Gasteiger partial charge >= 0.3 is 5.97 Å². The lowest BCUT2D eigenvalue weighted by molar-refractivity contribution is -0.0625. The van der Waals surface area contributed by atoms with Gasteiger partial charge in [0, 0.05) is 45.0 Å². The first-order valence-electron chi connectivity index (χ1n) is 14.0. The van der Waals surface area contributed by atoms with Gasteiger partial charge in [-0.25, -0.2) is 0 Å². The molecule has 1 atom stereocenters. The summed E-state index contributed by atoms with van der Waals surface area (Å²) >= 11 is 6.50. The van der Waals surface area contributed by atoms with Crippen LogP contribution >= 0.6 is 11.6 Å². The molecule has 5 rings (SSSR count). The van der Waals surface area contributed by atoms with Crippen LogP contribution < -0.4 is 20.7 Å². The number of aliphatic imine (C=N–C) groups is 1. The van der Waals surface area contributed by atoms with Crippen molar-refractivity contribution < 1.29 is 32.9 Å². The molecule has 0 spiro atoms. The van der Waals surface area contributed by atoms with Gasteiger partial charge in [-0.3, -0.25) is 20.3 Å². The number of halogens is 1. The summed E-state index contributed by atoms with van der Waals surface area (Å²) < 4.78 is 33.9. The molecular formula is C29H38ClN5O7. The molecule has 0 radical (unpaired) electrons. The summed E-state index contributed by atoms with van der Waals surface area (Å²) in [6.45, 7) is 9.89. The maximum Gasteiger partial charge on any atom is 0.330 e. The van der Waals surface area contributed by atoms with Gasteiger partial charge in [-0.05, 0) is 42.0 Å². The lowest BCUT2D eigenvalue weighted by atomic mass is 9.78. The highest BCUT2D eigenvalue weighted by Gasteiger charge is 2.38. The van der Waals surface area contributed by atoms with E-state index in [0.29, 0.717) is 23.3 Å². The number of carbonyl (C=O) groups excluding carboxylic acids is 1. The number of amides is 1. The summed E-state index contributed by atoms with van der Waals surface area (Å²) in [5.41, 5.74) is 2.04. The van der Waals surface area contributed by atoms with Gasteiger partial charge in [-0.15, -0.1) is 0 Å². The highest BCUT2D eigenvalue weighted by atomic mass is 35.5. The molecule has 2 aromatic rings. The molecule has 42 heavy (non-hydrogen) atoms. The average molecular weight is 604 g/mol. The Morgan fingerprint density at radius 2 is 2.02 bits per heavy atom. The van der Waals surface area contributed by atoms with Crippen molar-refractivity contribution in [2.45, 2.75) is 38.1 Å². The SMILES string of the molecule is COC1=NC(NC(=O)c2ccc(Oc3cc4c(cc3Cl)NCCC4(C)C)o2)(OC)NC(OCCCN2CCOCC2)=C1. The molecule has 0 bridgehead atoms. The number of rotatable bonds is 10. The molecule has 0 saturated carbocycles. The maximum atomic E-state index is 13.2. The van der Waals surface area contributed by atoms with Gasteiger partial charge < -0.3 is 33.4 Å². The van der Waals surface area contributed by atoms with Crippen molar-refractivity contribution >= 4 is 29.1 Å². The minimum Gasteiger partial charge on any atom is -0.481 e. The maximum absolute atomic E-state index is 13.2. The number of nitrogens with zero attached hydrogens (tertiary/aromatic N) is 2. The first-order valence-corrected chi connectivity index (χ1v) is 14.4.